The van der Waals surface area contributed by atoms with E-state index in [0.29, 0.717) is 31.7 Å². The number of halogens is 1. The molecule has 0 radical (unpaired) electrons. The van der Waals surface area contributed by atoms with Gasteiger partial charge in [0.15, 0.2) is 11.6 Å². The highest BCUT2D eigenvalue weighted by Gasteiger charge is 2.26. The lowest BCUT2D eigenvalue weighted by Crippen LogP contribution is -2.37. The first-order chi connectivity index (χ1) is 7.68. The molecule has 86 valence electrons. The number of carboxylic acid groups (broad SMARTS) is 1. The molecule has 0 amide bonds. The topological polar surface area (TPSA) is 53.4 Å². The minimum Gasteiger partial charge on any atom is -0.481 e. The molecule has 5 heteroatoms. The maximum absolute atomic E-state index is 13.4. The number of pyridine rings is 1. The number of aromatic nitrogens is 1. The average Bonchev–Trinajstić information content (AvgIpc) is 2.30. The number of hydrogen-bond donors (Lipinski definition) is 1. The SMILES string of the molecule is O=C(O)C1CCN(c2ncccc2F)CC1. The van der Waals surface area contributed by atoms with Gasteiger partial charge in [-0.15, -0.1) is 0 Å². The van der Waals surface area contributed by atoms with Crippen molar-refractivity contribution in [2.75, 3.05) is 18.0 Å². The summed E-state index contributed by atoms with van der Waals surface area (Å²) in [5, 5.41) is 8.84. The largest absolute Gasteiger partial charge is 0.481 e. The summed E-state index contributed by atoms with van der Waals surface area (Å²) >= 11 is 0. The second kappa shape index (κ2) is 4.47. The van der Waals surface area contributed by atoms with E-state index in [0.717, 1.165) is 0 Å². The molecule has 1 aliphatic rings. The van der Waals surface area contributed by atoms with Crippen LogP contribution in [0.5, 0.6) is 0 Å². The first-order valence-corrected chi connectivity index (χ1v) is 5.27. The standard InChI is InChI=1S/C11H13FN2O2/c12-9-2-1-5-13-10(9)14-6-3-8(4-7-14)11(15)16/h1-2,5,8H,3-4,6-7H2,(H,15,16). The van der Waals surface area contributed by atoms with E-state index in [2.05, 4.69) is 4.98 Å². The third-order valence-corrected chi connectivity index (χ3v) is 2.88. The number of carbonyl (C=O) groups is 1. The lowest BCUT2D eigenvalue weighted by atomic mass is 9.97. The first-order valence-electron chi connectivity index (χ1n) is 5.27. The van der Waals surface area contributed by atoms with Gasteiger partial charge in [0.2, 0.25) is 0 Å². The van der Waals surface area contributed by atoms with Crippen molar-refractivity contribution in [3.63, 3.8) is 0 Å². The summed E-state index contributed by atoms with van der Waals surface area (Å²) in [6.07, 6.45) is 2.64. The van der Waals surface area contributed by atoms with Gasteiger partial charge in [-0.1, -0.05) is 0 Å². The maximum Gasteiger partial charge on any atom is 0.306 e. The van der Waals surface area contributed by atoms with Gasteiger partial charge < -0.3 is 10.0 Å². The summed E-state index contributed by atoms with van der Waals surface area (Å²) in [6.45, 7) is 1.09. The second-order valence-electron chi connectivity index (χ2n) is 3.91. The molecular formula is C11H13FN2O2. The molecule has 0 saturated carbocycles. The number of piperidine rings is 1. The van der Waals surface area contributed by atoms with Crippen LogP contribution in [-0.2, 0) is 4.79 Å². The molecule has 1 N–H and O–H groups in total. The Kier molecular flexibility index (Phi) is 3.03. The third kappa shape index (κ3) is 2.13. The van der Waals surface area contributed by atoms with Gasteiger partial charge in [0.25, 0.3) is 0 Å². The number of anilines is 1. The molecule has 0 aliphatic carbocycles. The van der Waals surface area contributed by atoms with Gasteiger partial charge in [0.1, 0.15) is 0 Å². The Morgan fingerprint density at radius 1 is 1.50 bits per heavy atom. The predicted molar refractivity (Wildman–Crippen MR) is 56.8 cm³/mol. The van der Waals surface area contributed by atoms with E-state index in [1.807, 2.05) is 0 Å². The monoisotopic (exact) mass is 224 g/mol. The van der Waals surface area contributed by atoms with E-state index >= 15 is 0 Å². The van der Waals surface area contributed by atoms with Crippen molar-refractivity contribution in [1.29, 1.82) is 0 Å². The van der Waals surface area contributed by atoms with Crippen LogP contribution in [0.3, 0.4) is 0 Å². The normalized spacial score (nSPS) is 17.4. The molecule has 2 rings (SSSR count). The quantitative estimate of drug-likeness (QED) is 0.827. The van der Waals surface area contributed by atoms with Crippen LogP contribution in [0.4, 0.5) is 10.2 Å². The van der Waals surface area contributed by atoms with Crippen molar-refractivity contribution in [2.24, 2.45) is 5.92 Å². The highest BCUT2D eigenvalue weighted by molar-refractivity contribution is 5.70. The summed E-state index contributed by atoms with van der Waals surface area (Å²) in [7, 11) is 0. The van der Waals surface area contributed by atoms with Gasteiger partial charge in [0, 0.05) is 19.3 Å². The lowest BCUT2D eigenvalue weighted by Gasteiger charge is -2.31. The molecule has 0 aromatic carbocycles. The van der Waals surface area contributed by atoms with Crippen molar-refractivity contribution in [3.05, 3.63) is 24.1 Å². The van der Waals surface area contributed by atoms with E-state index in [-0.39, 0.29) is 11.7 Å². The third-order valence-electron chi connectivity index (χ3n) is 2.88. The van der Waals surface area contributed by atoms with Crippen molar-refractivity contribution in [2.45, 2.75) is 12.8 Å². The number of nitrogens with zero attached hydrogens (tertiary/aromatic N) is 2. The van der Waals surface area contributed by atoms with Crippen LogP contribution >= 0.6 is 0 Å². The smallest absolute Gasteiger partial charge is 0.306 e. The molecule has 0 unspecified atom stereocenters. The van der Waals surface area contributed by atoms with Crippen LogP contribution in [0.1, 0.15) is 12.8 Å². The molecule has 0 spiro atoms. The zero-order valence-electron chi connectivity index (χ0n) is 8.77. The minimum atomic E-state index is -0.763. The lowest BCUT2D eigenvalue weighted by molar-refractivity contribution is -0.142. The zero-order chi connectivity index (χ0) is 11.5. The molecule has 1 aromatic rings. The van der Waals surface area contributed by atoms with Crippen molar-refractivity contribution >= 4 is 11.8 Å². The molecule has 1 fully saturated rings. The molecule has 1 aliphatic heterocycles. The molecule has 4 nitrogen and oxygen atoms in total. The summed E-state index contributed by atoms with van der Waals surface area (Å²) in [4.78, 5) is 16.5. The fraction of sp³-hybridized carbons (Fsp3) is 0.455. The average molecular weight is 224 g/mol. The summed E-state index contributed by atoms with van der Waals surface area (Å²) < 4.78 is 13.4. The van der Waals surface area contributed by atoms with E-state index in [1.54, 1.807) is 17.2 Å². The first kappa shape index (κ1) is 10.9. The zero-order valence-corrected chi connectivity index (χ0v) is 8.77. The van der Waals surface area contributed by atoms with Gasteiger partial charge in [-0.2, -0.15) is 0 Å². The van der Waals surface area contributed by atoms with E-state index in [4.69, 9.17) is 5.11 Å². The number of hydrogen-bond acceptors (Lipinski definition) is 3. The van der Waals surface area contributed by atoms with Crippen molar-refractivity contribution in [1.82, 2.24) is 4.98 Å². The van der Waals surface area contributed by atoms with Gasteiger partial charge in [0.05, 0.1) is 5.92 Å². The van der Waals surface area contributed by atoms with Gasteiger partial charge in [-0.3, -0.25) is 4.79 Å². The fourth-order valence-corrected chi connectivity index (χ4v) is 1.95. The molecule has 1 aromatic heterocycles. The summed E-state index contributed by atoms with van der Waals surface area (Å²) in [5.41, 5.74) is 0. The van der Waals surface area contributed by atoms with Crippen LogP contribution in [0.2, 0.25) is 0 Å². The Balaban J connectivity index is 2.05. The molecule has 0 bridgehead atoms. The minimum absolute atomic E-state index is 0.303. The van der Waals surface area contributed by atoms with Crippen LogP contribution < -0.4 is 4.90 Å². The van der Waals surface area contributed by atoms with E-state index in [1.165, 1.54) is 6.07 Å². The van der Waals surface area contributed by atoms with E-state index in [9.17, 15) is 9.18 Å². The highest BCUT2D eigenvalue weighted by Crippen LogP contribution is 2.23. The summed E-state index contributed by atoms with van der Waals surface area (Å²) in [6, 6.07) is 2.91. The molecule has 2 heterocycles. The Hall–Kier alpha value is -1.65. The van der Waals surface area contributed by atoms with Crippen molar-refractivity contribution < 1.29 is 14.3 Å². The number of aliphatic carboxylic acids is 1. The van der Waals surface area contributed by atoms with Crippen LogP contribution in [0.15, 0.2) is 18.3 Å². The van der Waals surface area contributed by atoms with Crippen LogP contribution in [-0.4, -0.2) is 29.1 Å². The van der Waals surface area contributed by atoms with Crippen molar-refractivity contribution in [3.8, 4) is 0 Å². The van der Waals surface area contributed by atoms with Gasteiger partial charge in [-0.05, 0) is 25.0 Å². The molecule has 16 heavy (non-hydrogen) atoms. The van der Waals surface area contributed by atoms with Gasteiger partial charge >= 0.3 is 5.97 Å². The Morgan fingerprint density at radius 3 is 2.75 bits per heavy atom. The molecule has 1 saturated heterocycles. The van der Waals surface area contributed by atoms with Crippen LogP contribution in [0.25, 0.3) is 0 Å². The second-order valence-corrected chi connectivity index (χ2v) is 3.91. The number of carboxylic acids is 1. The highest BCUT2D eigenvalue weighted by atomic mass is 19.1. The maximum atomic E-state index is 13.4. The number of rotatable bonds is 2. The molecule has 0 atom stereocenters. The Bertz CT molecular complexity index is 389. The Morgan fingerprint density at radius 2 is 2.19 bits per heavy atom. The summed E-state index contributed by atoms with van der Waals surface area (Å²) in [5.74, 6) is -1.09. The van der Waals surface area contributed by atoms with Gasteiger partial charge in [-0.25, -0.2) is 9.37 Å². The fourth-order valence-electron chi connectivity index (χ4n) is 1.95. The van der Waals surface area contributed by atoms with Crippen LogP contribution in [0, 0.1) is 11.7 Å². The predicted octanol–water partition coefficient (Wildman–Crippen LogP) is 1.52. The van der Waals surface area contributed by atoms with E-state index < -0.39 is 5.97 Å². The Labute approximate surface area is 92.7 Å². The molecular weight excluding hydrogens is 211 g/mol.